The monoisotopic (exact) mass is 209 g/mol. The summed E-state index contributed by atoms with van der Waals surface area (Å²) >= 11 is 1.75. The zero-order chi connectivity index (χ0) is 10.2. The summed E-state index contributed by atoms with van der Waals surface area (Å²) in [6.45, 7) is 4.67. The lowest BCUT2D eigenvalue weighted by atomic mass is 9.66. The Morgan fingerprint density at radius 1 is 1.36 bits per heavy atom. The van der Waals surface area contributed by atoms with E-state index in [-0.39, 0.29) is 5.54 Å². The summed E-state index contributed by atoms with van der Waals surface area (Å²) in [6, 6.07) is 2.19. The molecule has 1 heterocycles. The average molecular weight is 209 g/mol. The van der Waals surface area contributed by atoms with Gasteiger partial charge in [-0.1, -0.05) is 20.3 Å². The van der Waals surface area contributed by atoms with E-state index in [4.69, 9.17) is 5.73 Å². The molecule has 0 amide bonds. The fraction of sp³-hybridized carbons (Fsp3) is 0.667. The van der Waals surface area contributed by atoms with Crippen LogP contribution in [-0.4, -0.2) is 0 Å². The number of hydrogen-bond acceptors (Lipinski definition) is 2. The molecule has 1 nitrogen and oxygen atoms in total. The summed E-state index contributed by atoms with van der Waals surface area (Å²) in [5.74, 6) is 0. The van der Waals surface area contributed by atoms with Crippen LogP contribution in [0.2, 0.25) is 0 Å². The van der Waals surface area contributed by atoms with Crippen molar-refractivity contribution in [3.05, 3.63) is 22.4 Å². The van der Waals surface area contributed by atoms with Gasteiger partial charge in [-0.3, -0.25) is 0 Å². The van der Waals surface area contributed by atoms with Crippen molar-refractivity contribution in [2.75, 3.05) is 0 Å². The van der Waals surface area contributed by atoms with Gasteiger partial charge < -0.3 is 5.73 Å². The van der Waals surface area contributed by atoms with E-state index in [0.29, 0.717) is 5.41 Å². The molecule has 1 aromatic rings. The Balaban J connectivity index is 2.24. The second-order valence-corrected chi connectivity index (χ2v) is 6.14. The van der Waals surface area contributed by atoms with Crippen LogP contribution in [0.4, 0.5) is 0 Å². The summed E-state index contributed by atoms with van der Waals surface area (Å²) < 4.78 is 0. The van der Waals surface area contributed by atoms with Crippen LogP contribution < -0.4 is 5.73 Å². The SMILES string of the molecule is CC1(C)CCCC(N)(c2ccsc2)C1. The molecule has 0 bridgehead atoms. The maximum absolute atomic E-state index is 6.51. The second-order valence-electron chi connectivity index (χ2n) is 5.36. The van der Waals surface area contributed by atoms with E-state index >= 15 is 0 Å². The summed E-state index contributed by atoms with van der Waals surface area (Å²) in [6.07, 6.45) is 4.85. The van der Waals surface area contributed by atoms with Gasteiger partial charge in [0.2, 0.25) is 0 Å². The van der Waals surface area contributed by atoms with Gasteiger partial charge in [0.1, 0.15) is 0 Å². The molecule has 78 valence electrons. The van der Waals surface area contributed by atoms with Gasteiger partial charge >= 0.3 is 0 Å². The fourth-order valence-electron chi connectivity index (χ4n) is 2.71. The Morgan fingerprint density at radius 2 is 2.14 bits per heavy atom. The van der Waals surface area contributed by atoms with Crippen molar-refractivity contribution in [2.24, 2.45) is 11.1 Å². The van der Waals surface area contributed by atoms with E-state index in [9.17, 15) is 0 Å². The van der Waals surface area contributed by atoms with Crippen LogP contribution in [-0.2, 0) is 5.54 Å². The minimum absolute atomic E-state index is 0.0538. The van der Waals surface area contributed by atoms with Crippen molar-refractivity contribution >= 4 is 11.3 Å². The van der Waals surface area contributed by atoms with Crippen LogP contribution >= 0.6 is 11.3 Å². The maximum atomic E-state index is 6.51. The van der Waals surface area contributed by atoms with Gasteiger partial charge in [0.25, 0.3) is 0 Å². The quantitative estimate of drug-likeness (QED) is 0.752. The number of thiophene rings is 1. The molecular weight excluding hydrogens is 190 g/mol. The van der Waals surface area contributed by atoms with Crippen LogP contribution in [0.15, 0.2) is 16.8 Å². The molecule has 0 radical (unpaired) electrons. The molecule has 2 heteroatoms. The van der Waals surface area contributed by atoms with Crippen LogP contribution in [0.3, 0.4) is 0 Å². The van der Waals surface area contributed by atoms with E-state index < -0.39 is 0 Å². The van der Waals surface area contributed by atoms with Gasteiger partial charge in [0.15, 0.2) is 0 Å². The molecule has 2 rings (SSSR count). The van der Waals surface area contributed by atoms with Crippen LogP contribution in [0.5, 0.6) is 0 Å². The summed E-state index contributed by atoms with van der Waals surface area (Å²) in [5.41, 5.74) is 8.21. The molecule has 0 aromatic carbocycles. The van der Waals surface area contributed by atoms with E-state index in [1.54, 1.807) is 11.3 Å². The highest BCUT2D eigenvalue weighted by molar-refractivity contribution is 7.08. The zero-order valence-electron chi connectivity index (χ0n) is 9.05. The third-order valence-electron chi connectivity index (χ3n) is 3.37. The average Bonchev–Trinajstić information content (AvgIpc) is 2.52. The van der Waals surface area contributed by atoms with Crippen molar-refractivity contribution in [3.8, 4) is 0 Å². The first-order valence-electron chi connectivity index (χ1n) is 5.33. The van der Waals surface area contributed by atoms with Gasteiger partial charge in [-0.15, -0.1) is 0 Å². The summed E-state index contributed by atoms with van der Waals surface area (Å²) in [4.78, 5) is 0. The second kappa shape index (κ2) is 3.35. The highest BCUT2D eigenvalue weighted by Crippen LogP contribution is 2.44. The molecule has 0 aliphatic heterocycles. The number of nitrogens with two attached hydrogens (primary N) is 1. The Hall–Kier alpha value is -0.340. The Morgan fingerprint density at radius 3 is 2.71 bits per heavy atom. The normalized spacial score (nSPS) is 31.6. The Labute approximate surface area is 90.3 Å². The first kappa shape index (κ1) is 10.2. The van der Waals surface area contributed by atoms with Gasteiger partial charge in [-0.2, -0.15) is 11.3 Å². The minimum atomic E-state index is -0.0538. The van der Waals surface area contributed by atoms with Gasteiger partial charge in [0, 0.05) is 5.54 Å². The molecular formula is C12H19NS. The van der Waals surface area contributed by atoms with Crippen molar-refractivity contribution in [1.29, 1.82) is 0 Å². The lowest BCUT2D eigenvalue weighted by Gasteiger charge is -2.42. The summed E-state index contributed by atoms with van der Waals surface area (Å²) in [5, 5.41) is 4.34. The van der Waals surface area contributed by atoms with Crippen molar-refractivity contribution in [1.82, 2.24) is 0 Å². The lowest BCUT2D eigenvalue weighted by Crippen LogP contribution is -2.43. The third-order valence-corrected chi connectivity index (χ3v) is 4.05. The van der Waals surface area contributed by atoms with Gasteiger partial charge in [0.05, 0.1) is 0 Å². The standard InChI is InChI=1S/C12H19NS/c1-11(2)5-3-6-12(13,9-11)10-4-7-14-8-10/h4,7-8H,3,5-6,9,13H2,1-2H3. The Kier molecular flexibility index (Phi) is 2.44. The molecule has 1 atom stereocenters. The first-order valence-corrected chi connectivity index (χ1v) is 6.28. The van der Waals surface area contributed by atoms with Crippen molar-refractivity contribution in [2.45, 2.75) is 45.1 Å². The maximum Gasteiger partial charge on any atom is 0.0423 e. The van der Waals surface area contributed by atoms with Gasteiger partial charge in [-0.05, 0) is 47.1 Å². The van der Waals surface area contributed by atoms with Crippen LogP contribution in [0.1, 0.15) is 45.1 Å². The molecule has 1 aliphatic rings. The topological polar surface area (TPSA) is 26.0 Å². The Bertz CT molecular complexity index is 302. The molecule has 2 N–H and O–H groups in total. The number of hydrogen-bond donors (Lipinski definition) is 1. The highest BCUT2D eigenvalue weighted by atomic mass is 32.1. The summed E-state index contributed by atoms with van der Waals surface area (Å²) in [7, 11) is 0. The fourth-order valence-corrected chi connectivity index (χ4v) is 3.47. The largest absolute Gasteiger partial charge is 0.321 e. The van der Waals surface area contributed by atoms with E-state index in [2.05, 4.69) is 30.7 Å². The molecule has 1 fully saturated rings. The molecule has 1 aromatic heterocycles. The van der Waals surface area contributed by atoms with E-state index in [0.717, 1.165) is 12.8 Å². The predicted molar refractivity (Wildman–Crippen MR) is 62.4 cm³/mol. The minimum Gasteiger partial charge on any atom is -0.321 e. The van der Waals surface area contributed by atoms with Crippen LogP contribution in [0.25, 0.3) is 0 Å². The van der Waals surface area contributed by atoms with Crippen LogP contribution in [0, 0.1) is 5.41 Å². The smallest absolute Gasteiger partial charge is 0.0423 e. The van der Waals surface area contributed by atoms with E-state index in [1.807, 2.05) is 0 Å². The zero-order valence-corrected chi connectivity index (χ0v) is 9.86. The lowest BCUT2D eigenvalue weighted by molar-refractivity contribution is 0.151. The molecule has 1 aliphatic carbocycles. The molecule has 0 spiro atoms. The molecule has 0 saturated heterocycles. The van der Waals surface area contributed by atoms with Gasteiger partial charge in [-0.25, -0.2) is 0 Å². The first-order chi connectivity index (χ1) is 6.52. The molecule has 14 heavy (non-hydrogen) atoms. The van der Waals surface area contributed by atoms with E-state index in [1.165, 1.54) is 18.4 Å². The molecule has 1 unspecified atom stereocenters. The number of rotatable bonds is 1. The van der Waals surface area contributed by atoms with Crippen molar-refractivity contribution < 1.29 is 0 Å². The van der Waals surface area contributed by atoms with Crippen molar-refractivity contribution in [3.63, 3.8) is 0 Å². The predicted octanol–water partition coefficient (Wildman–Crippen LogP) is 3.50. The highest BCUT2D eigenvalue weighted by Gasteiger charge is 2.38. The molecule has 1 saturated carbocycles. The third kappa shape index (κ3) is 1.86.